The second-order valence-corrected chi connectivity index (χ2v) is 9.62. The molecule has 0 spiro atoms. The highest BCUT2D eigenvalue weighted by Crippen LogP contribution is 2.34. The second kappa shape index (κ2) is 11.5. The monoisotopic (exact) mass is 448 g/mol. The third-order valence-electron chi connectivity index (χ3n) is 5.33. The van der Waals surface area contributed by atoms with Crippen LogP contribution in [0.25, 0.3) is 0 Å². The minimum atomic E-state index is -1.01. The predicted octanol–water partition coefficient (Wildman–Crippen LogP) is 4.39. The number of unbranched alkanes of at least 4 members (excludes halogenated alkanes) is 3. The van der Waals surface area contributed by atoms with Crippen LogP contribution in [0.15, 0.2) is 34.0 Å². The van der Waals surface area contributed by atoms with E-state index >= 15 is 0 Å². The number of carboxylic acid groups (broad SMARTS) is 1. The summed E-state index contributed by atoms with van der Waals surface area (Å²) in [7, 11) is 0. The molecule has 6 nitrogen and oxygen atoms in total. The van der Waals surface area contributed by atoms with Gasteiger partial charge in [0.1, 0.15) is 0 Å². The molecule has 162 valence electrons. The van der Waals surface area contributed by atoms with E-state index in [9.17, 15) is 9.59 Å². The van der Waals surface area contributed by atoms with Crippen molar-refractivity contribution < 1.29 is 19.8 Å². The van der Waals surface area contributed by atoms with E-state index in [4.69, 9.17) is 10.2 Å². The molecule has 1 atom stereocenters. The fourth-order valence-corrected chi connectivity index (χ4v) is 5.52. The van der Waals surface area contributed by atoms with Gasteiger partial charge in [0.05, 0.1) is 6.04 Å². The lowest BCUT2D eigenvalue weighted by molar-refractivity contribution is -0.128. The van der Waals surface area contributed by atoms with E-state index in [1.807, 2.05) is 4.90 Å². The summed E-state index contributed by atoms with van der Waals surface area (Å²) in [6, 6.07) is 8.74. The number of carbonyl (C=O) groups excluding carboxylic acids is 1. The normalized spacial score (nSPS) is 16.4. The van der Waals surface area contributed by atoms with Crippen LogP contribution in [0.4, 0.5) is 0 Å². The van der Waals surface area contributed by atoms with E-state index in [0.717, 1.165) is 42.9 Å². The van der Waals surface area contributed by atoms with Gasteiger partial charge in [0.2, 0.25) is 5.91 Å². The number of hydrogen-bond acceptors (Lipinski definition) is 6. The van der Waals surface area contributed by atoms with Crippen molar-refractivity contribution in [3.63, 3.8) is 0 Å². The molecule has 1 fully saturated rings. The Morgan fingerprint density at radius 2 is 1.97 bits per heavy atom. The summed E-state index contributed by atoms with van der Waals surface area (Å²) in [5.74, 6) is -0.138. The molecular formula is C22H28N2O4S2. The number of aromatic nitrogens is 1. The minimum absolute atomic E-state index is 0.0751. The van der Waals surface area contributed by atoms with E-state index in [1.54, 1.807) is 5.38 Å². The maximum atomic E-state index is 12.4. The number of aryl methyl sites for hydroxylation is 1. The van der Waals surface area contributed by atoms with Crippen molar-refractivity contribution in [1.82, 2.24) is 9.88 Å². The van der Waals surface area contributed by atoms with Gasteiger partial charge < -0.3 is 15.1 Å². The number of rotatable bonds is 12. The van der Waals surface area contributed by atoms with Crippen LogP contribution >= 0.6 is 23.1 Å². The topological polar surface area (TPSA) is 90.7 Å². The molecule has 1 aliphatic heterocycles. The van der Waals surface area contributed by atoms with Gasteiger partial charge in [-0.1, -0.05) is 48.9 Å². The lowest BCUT2D eigenvalue weighted by Gasteiger charge is -2.25. The zero-order chi connectivity index (χ0) is 21.3. The summed E-state index contributed by atoms with van der Waals surface area (Å²) in [6.07, 6.45) is 6.67. The summed E-state index contributed by atoms with van der Waals surface area (Å²) >= 11 is 2.82. The van der Waals surface area contributed by atoms with Gasteiger partial charge >= 0.3 is 5.97 Å². The van der Waals surface area contributed by atoms with Crippen LogP contribution in [0.2, 0.25) is 0 Å². The fraction of sp³-hybridized carbons (Fsp3) is 0.500. The van der Waals surface area contributed by atoms with Crippen molar-refractivity contribution in [3.05, 3.63) is 46.5 Å². The number of aliphatic hydroxyl groups excluding tert-OH is 1. The minimum Gasteiger partial charge on any atom is -0.476 e. The number of amides is 1. The Kier molecular flexibility index (Phi) is 8.72. The number of hydrogen-bond donors (Lipinski definition) is 2. The Balaban J connectivity index is 1.50. The van der Waals surface area contributed by atoms with E-state index < -0.39 is 5.97 Å². The molecule has 0 saturated carbocycles. The van der Waals surface area contributed by atoms with Gasteiger partial charge in [-0.25, -0.2) is 9.78 Å². The first-order valence-electron chi connectivity index (χ1n) is 10.4. The van der Waals surface area contributed by atoms with Crippen LogP contribution in [0.5, 0.6) is 0 Å². The zero-order valence-corrected chi connectivity index (χ0v) is 18.6. The Hall–Kier alpha value is -1.90. The molecule has 1 saturated heterocycles. The molecular weight excluding hydrogens is 420 g/mol. The predicted molar refractivity (Wildman–Crippen MR) is 119 cm³/mol. The molecule has 0 radical (unpaired) electrons. The number of nitrogens with zero attached hydrogens (tertiary/aromatic N) is 2. The number of carbonyl (C=O) groups is 2. The largest absolute Gasteiger partial charge is 0.476 e. The van der Waals surface area contributed by atoms with Crippen LogP contribution < -0.4 is 0 Å². The number of aromatic carboxylic acids is 1. The summed E-state index contributed by atoms with van der Waals surface area (Å²) in [4.78, 5) is 29.4. The summed E-state index contributed by atoms with van der Waals surface area (Å²) in [6.45, 7) is 0.903. The summed E-state index contributed by atoms with van der Waals surface area (Å²) in [5, 5.41) is 19.3. The average molecular weight is 449 g/mol. The van der Waals surface area contributed by atoms with Crippen LogP contribution in [0, 0.1) is 0 Å². The molecule has 1 aromatic carbocycles. The van der Waals surface area contributed by atoms with Crippen LogP contribution in [-0.4, -0.2) is 50.9 Å². The highest BCUT2D eigenvalue weighted by Gasteiger charge is 2.31. The van der Waals surface area contributed by atoms with Gasteiger partial charge in [0, 0.05) is 30.7 Å². The van der Waals surface area contributed by atoms with Crippen molar-refractivity contribution in [2.24, 2.45) is 0 Å². The highest BCUT2D eigenvalue weighted by atomic mass is 32.2. The number of thioether (sulfide) groups is 1. The molecule has 1 aromatic heterocycles. The number of benzene rings is 1. The maximum Gasteiger partial charge on any atom is 0.355 e. The smallest absolute Gasteiger partial charge is 0.355 e. The molecule has 1 amide bonds. The number of likely N-dealkylation sites (tertiary alicyclic amines) is 1. The van der Waals surface area contributed by atoms with Crippen molar-refractivity contribution in [2.75, 3.05) is 18.9 Å². The van der Waals surface area contributed by atoms with Crippen LogP contribution in [0.3, 0.4) is 0 Å². The molecule has 1 unspecified atom stereocenters. The molecule has 30 heavy (non-hydrogen) atoms. The average Bonchev–Trinajstić information content (AvgIpc) is 3.36. The van der Waals surface area contributed by atoms with Gasteiger partial charge in [-0.3, -0.25) is 4.79 Å². The molecule has 0 aliphatic carbocycles. The van der Waals surface area contributed by atoms with E-state index in [1.165, 1.54) is 34.2 Å². The number of thiazole rings is 1. The van der Waals surface area contributed by atoms with Gasteiger partial charge in [0.15, 0.2) is 10.0 Å². The Labute approximate surface area is 185 Å². The van der Waals surface area contributed by atoms with Crippen LogP contribution in [0.1, 0.15) is 66.2 Å². The number of aliphatic hydroxyl groups is 1. The van der Waals surface area contributed by atoms with Gasteiger partial charge in [-0.05, 0) is 36.8 Å². The third-order valence-corrected chi connectivity index (χ3v) is 7.33. The second-order valence-electron chi connectivity index (χ2n) is 7.42. The van der Waals surface area contributed by atoms with E-state index in [2.05, 4.69) is 29.2 Å². The van der Waals surface area contributed by atoms with Crippen LogP contribution in [-0.2, 0) is 11.2 Å². The first-order chi connectivity index (χ1) is 14.6. The first kappa shape index (κ1) is 22.8. The molecule has 3 rings (SSSR count). The zero-order valence-electron chi connectivity index (χ0n) is 17.0. The Morgan fingerprint density at radius 1 is 1.20 bits per heavy atom. The van der Waals surface area contributed by atoms with E-state index in [-0.39, 0.29) is 24.2 Å². The fourth-order valence-electron chi connectivity index (χ4n) is 3.71. The maximum absolute atomic E-state index is 12.4. The van der Waals surface area contributed by atoms with E-state index in [0.29, 0.717) is 18.7 Å². The van der Waals surface area contributed by atoms with Crippen molar-refractivity contribution in [1.29, 1.82) is 0 Å². The van der Waals surface area contributed by atoms with Crippen molar-refractivity contribution in [2.45, 2.75) is 55.3 Å². The molecule has 2 heterocycles. The first-order valence-corrected chi connectivity index (χ1v) is 12.3. The highest BCUT2D eigenvalue weighted by molar-refractivity contribution is 8.01. The molecule has 0 bridgehead atoms. The SMILES string of the molecule is O=C(O)c1csc(SCCN2C(=O)CCC2c2ccc(CCCCCCO)cc2)n1. The summed E-state index contributed by atoms with van der Waals surface area (Å²) in [5.41, 5.74) is 2.57. The molecule has 2 aromatic rings. The molecule has 2 N–H and O–H groups in total. The van der Waals surface area contributed by atoms with Crippen molar-refractivity contribution in [3.8, 4) is 0 Å². The lowest BCUT2D eigenvalue weighted by Crippen LogP contribution is -2.29. The van der Waals surface area contributed by atoms with Gasteiger partial charge in [-0.15, -0.1) is 11.3 Å². The molecule has 1 aliphatic rings. The Morgan fingerprint density at radius 3 is 2.67 bits per heavy atom. The Bertz CT molecular complexity index is 838. The van der Waals surface area contributed by atoms with Gasteiger partial charge in [-0.2, -0.15) is 0 Å². The third kappa shape index (κ3) is 6.30. The summed E-state index contributed by atoms with van der Waals surface area (Å²) < 4.78 is 0.721. The lowest BCUT2D eigenvalue weighted by atomic mass is 10.00. The van der Waals surface area contributed by atoms with Crippen molar-refractivity contribution >= 4 is 35.0 Å². The number of carboxylic acids is 1. The quantitative estimate of drug-likeness (QED) is 0.370. The molecule has 8 heteroatoms. The van der Waals surface area contributed by atoms with Gasteiger partial charge in [0.25, 0.3) is 0 Å². The standard InChI is InChI=1S/C22H28N2O4S2/c25-13-4-2-1-3-5-16-6-8-17(9-7-16)19-10-11-20(26)24(19)12-14-29-22-23-18(15-30-22)21(27)28/h6-9,15,19,25H,1-5,10-14H2,(H,27,28).